The lowest BCUT2D eigenvalue weighted by Crippen LogP contribution is -2.38. The van der Waals surface area contributed by atoms with Crippen molar-refractivity contribution >= 4 is 5.91 Å². The number of carbonyl (C=O) groups excluding carboxylic acids is 1. The first kappa shape index (κ1) is 12.7. The van der Waals surface area contributed by atoms with E-state index in [0.29, 0.717) is 5.76 Å². The van der Waals surface area contributed by atoms with Crippen molar-refractivity contribution in [1.29, 1.82) is 0 Å². The first-order chi connectivity index (χ1) is 7.58. The van der Waals surface area contributed by atoms with E-state index in [1.165, 1.54) is 0 Å². The van der Waals surface area contributed by atoms with E-state index < -0.39 is 0 Å². The smallest absolute Gasteiger partial charge is 0.287 e. The lowest BCUT2D eigenvalue weighted by Gasteiger charge is -2.18. The second-order valence-corrected chi connectivity index (χ2v) is 3.89. The van der Waals surface area contributed by atoms with E-state index in [1.54, 1.807) is 12.1 Å². The Labute approximate surface area is 94.6 Å². The maximum atomic E-state index is 11.7. The Balaban J connectivity index is 2.58. The topological polar surface area (TPSA) is 88.5 Å². The summed E-state index contributed by atoms with van der Waals surface area (Å²) in [4.78, 5) is 11.7. The number of furan rings is 1. The molecule has 0 radical (unpaired) electrons. The monoisotopic (exact) mass is 226 g/mol. The van der Waals surface area contributed by atoms with Gasteiger partial charge in [-0.25, -0.2) is 0 Å². The van der Waals surface area contributed by atoms with E-state index in [0.717, 1.165) is 0 Å². The molecule has 5 nitrogen and oxygen atoms in total. The molecule has 5 heteroatoms. The molecule has 2 unspecified atom stereocenters. The summed E-state index contributed by atoms with van der Waals surface area (Å²) in [6.45, 7) is 4.01. The fourth-order valence-corrected chi connectivity index (χ4v) is 1.19. The molecule has 0 bridgehead atoms. The number of aliphatic hydroxyl groups excluding tert-OH is 1. The molecular formula is C11H18N2O3. The highest BCUT2D eigenvalue weighted by Gasteiger charge is 2.17. The minimum atomic E-state index is -0.285. The number of amides is 1. The SMILES string of the molecule is CC(CO)C(C)NC(=O)c1ccc(CN)o1. The van der Waals surface area contributed by atoms with E-state index in [1.807, 2.05) is 13.8 Å². The van der Waals surface area contributed by atoms with Crippen molar-refractivity contribution in [3.8, 4) is 0 Å². The van der Waals surface area contributed by atoms with Crippen LogP contribution in [0.4, 0.5) is 0 Å². The molecule has 1 heterocycles. The minimum Gasteiger partial charge on any atom is -0.455 e. The van der Waals surface area contributed by atoms with Gasteiger partial charge in [-0.1, -0.05) is 6.92 Å². The highest BCUT2D eigenvalue weighted by molar-refractivity contribution is 5.91. The van der Waals surface area contributed by atoms with Gasteiger partial charge in [0, 0.05) is 12.6 Å². The first-order valence-corrected chi connectivity index (χ1v) is 5.29. The van der Waals surface area contributed by atoms with Crippen LogP contribution in [0.15, 0.2) is 16.5 Å². The number of aliphatic hydroxyl groups is 1. The molecule has 4 N–H and O–H groups in total. The highest BCUT2D eigenvalue weighted by atomic mass is 16.4. The average molecular weight is 226 g/mol. The predicted molar refractivity (Wildman–Crippen MR) is 59.8 cm³/mol. The van der Waals surface area contributed by atoms with Crippen LogP contribution in [0.1, 0.15) is 30.2 Å². The van der Waals surface area contributed by atoms with E-state index in [4.69, 9.17) is 15.3 Å². The molecule has 90 valence electrons. The summed E-state index contributed by atoms with van der Waals surface area (Å²) in [6, 6.07) is 3.16. The molecule has 0 saturated heterocycles. The number of nitrogens with one attached hydrogen (secondary N) is 1. The van der Waals surface area contributed by atoms with Gasteiger partial charge < -0.3 is 20.6 Å². The second kappa shape index (κ2) is 5.67. The van der Waals surface area contributed by atoms with Crippen LogP contribution in [0.5, 0.6) is 0 Å². The van der Waals surface area contributed by atoms with Crippen molar-refractivity contribution in [1.82, 2.24) is 5.32 Å². The fraction of sp³-hybridized carbons (Fsp3) is 0.545. The maximum absolute atomic E-state index is 11.7. The predicted octanol–water partition coefficient (Wildman–Crippen LogP) is 0.485. The Morgan fingerprint density at radius 2 is 2.25 bits per heavy atom. The van der Waals surface area contributed by atoms with Crippen LogP contribution in [0, 0.1) is 5.92 Å². The van der Waals surface area contributed by atoms with Gasteiger partial charge in [0.05, 0.1) is 6.54 Å². The Morgan fingerprint density at radius 1 is 1.56 bits per heavy atom. The number of hydrogen-bond acceptors (Lipinski definition) is 4. The molecule has 0 aliphatic rings. The van der Waals surface area contributed by atoms with Crippen molar-refractivity contribution in [3.05, 3.63) is 23.7 Å². The van der Waals surface area contributed by atoms with E-state index in [9.17, 15) is 4.79 Å². The molecule has 0 aliphatic carbocycles. The van der Waals surface area contributed by atoms with Gasteiger partial charge in [-0.2, -0.15) is 0 Å². The van der Waals surface area contributed by atoms with Crippen LogP contribution < -0.4 is 11.1 Å². The van der Waals surface area contributed by atoms with E-state index in [-0.39, 0.29) is 36.8 Å². The van der Waals surface area contributed by atoms with Gasteiger partial charge in [0.2, 0.25) is 0 Å². The molecule has 0 aliphatic heterocycles. The van der Waals surface area contributed by atoms with E-state index >= 15 is 0 Å². The Hall–Kier alpha value is -1.33. The van der Waals surface area contributed by atoms with Gasteiger partial charge in [0.1, 0.15) is 5.76 Å². The van der Waals surface area contributed by atoms with Gasteiger partial charge in [-0.3, -0.25) is 4.79 Å². The van der Waals surface area contributed by atoms with Gasteiger partial charge in [0.15, 0.2) is 5.76 Å². The molecule has 0 fully saturated rings. The van der Waals surface area contributed by atoms with Gasteiger partial charge in [-0.05, 0) is 25.0 Å². The summed E-state index contributed by atoms with van der Waals surface area (Å²) in [5.74, 6) is 0.547. The molecule has 1 aromatic heterocycles. The van der Waals surface area contributed by atoms with Gasteiger partial charge in [0.25, 0.3) is 5.91 Å². The molecule has 2 atom stereocenters. The molecule has 16 heavy (non-hydrogen) atoms. The molecule has 0 spiro atoms. The van der Waals surface area contributed by atoms with Crippen LogP contribution in [-0.4, -0.2) is 23.7 Å². The van der Waals surface area contributed by atoms with Gasteiger partial charge in [-0.15, -0.1) is 0 Å². The first-order valence-electron chi connectivity index (χ1n) is 5.29. The lowest BCUT2D eigenvalue weighted by molar-refractivity contribution is 0.0886. The van der Waals surface area contributed by atoms with Crippen LogP contribution in [0.2, 0.25) is 0 Å². The van der Waals surface area contributed by atoms with Crippen LogP contribution >= 0.6 is 0 Å². The average Bonchev–Trinajstić information content (AvgIpc) is 2.76. The molecule has 1 rings (SSSR count). The zero-order chi connectivity index (χ0) is 12.1. The third kappa shape index (κ3) is 3.08. The number of rotatable bonds is 5. The fourth-order valence-electron chi connectivity index (χ4n) is 1.19. The summed E-state index contributed by atoms with van der Waals surface area (Å²) in [7, 11) is 0. The zero-order valence-corrected chi connectivity index (χ0v) is 9.56. The normalized spacial score (nSPS) is 14.5. The van der Waals surface area contributed by atoms with E-state index in [2.05, 4.69) is 5.32 Å². The molecular weight excluding hydrogens is 208 g/mol. The summed E-state index contributed by atoms with van der Waals surface area (Å²) >= 11 is 0. The lowest BCUT2D eigenvalue weighted by atomic mass is 10.1. The molecule has 0 aromatic carbocycles. The summed E-state index contributed by atoms with van der Waals surface area (Å²) in [5, 5.41) is 11.7. The van der Waals surface area contributed by atoms with Crippen LogP contribution in [0.3, 0.4) is 0 Å². The van der Waals surface area contributed by atoms with Crippen LogP contribution in [0.25, 0.3) is 0 Å². The Morgan fingerprint density at radius 3 is 2.75 bits per heavy atom. The highest BCUT2D eigenvalue weighted by Crippen LogP contribution is 2.08. The molecule has 1 aromatic rings. The molecule has 1 amide bonds. The van der Waals surface area contributed by atoms with Gasteiger partial charge >= 0.3 is 0 Å². The largest absolute Gasteiger partial charge is 0.455 e. The number of hydrogen-bond donors (Lipinski definition) is 3. The standard InChI is InChI=1S/C11H18N2O3/c1-7(6-14)8(2)13-11(15)10-4-3-9(5-12)16-10/h3-4,7-8,14H,5-6,12H2,1-2H3,(H,13,15). The summed E-state index contributed by atoms with van der Waals surface area (Å²) in [5.41, 5.74) is 5.38. The zero-order valence-electron chi connectivity index (χ0n) is 9.56. The number of carbonyl (C=O) groups is 1. The van der Waals surface area contributed by atoms with Crippen molar-refractivity contribution in [3.63, 3.8) is 0 Å². The Kier molecular flexibility index (Phi) is 4.52. The number of nitrogens with two attached hydrogens (primary N) is 1. The van der Waals surface area contributed by atoms with Crippen molar-refractivity contribution in [2.75, 3.05) is 6.61 Å². The quantitative estimate of drug-likeness (QED) is 0.681. The Bertz CT molecular complexity index is 349. The minimum absolute atomic E-state index is 0.00731. The van der Waals surface area contributed by atoms with Crippen molar-refractivity contribution in [2.24, 2.45) is 11.7 Å². The summed E-state index contributed by atoms with van der Waals surface area (Å²) in [6.07, 6.45) is 0. The third-order valence-electron chi connectivity index (χ3n) is 2.59. The second-order valence-electron chi connectivity index (χ2n) is 3.89. The molecule has 0 saturated carbocycles. The summed E-state index contributed by atoms with van der Waals surface area (Å²) < 4.78 is 5.21. The van der Waals surface area contributed by atoms with Crippen molar-refractivity contribution < 1.29 is 14.3 Å². The van der Waals surface area contributed by atoms with Crippen molar-refractivity contribution in [2.45, 2.75) is 26.4 Å². The maximum Gasteiger partial charge on any atom is 0.287 e. The third-order valence-corrected chi connectivity index (χ3v) is 2.59. The van der Waals surface area contributed by atoms with Crippen LogP contribution in [-0.2, 0) is 6.54 Å².